The molecule has 2 radical (unpaired) electrons. The second-order valence-corrected chi connectivity index (χ2v) is 7.94. The van der Waals surface area contributed by atoms with E-state index in [0.717, 1.165) is 40.6 Å². The first kappa shape index (κ1) is 21.6. The molecule has 0 aliphatic rings. The Bertz CT molecular complexity index is 1090. The minimum absolute atomic E-state index is 0.811. The summed E-state index contributed by atoms with van der Waals surface area (Å²) in [5.41, 5.74) is 11.3. The molecule has 0 nitrogen and oxygen atoms in total. The van der Waals surface area contributed by atoms with E-state index in [1.165, 1.54) is 27.8 Å². The highest BCUT2D eigenvalue weighted by atomic mass is 14.2. The number of hydrogen-bond acceptors (Lipinski definition) is 0. The highest BCUT2D eigenvalue weighted by Gasteiger charge is 2.14. The van der Waals surface area contributed by atoms with Gasteiger partial charge in [-0.3, -0.25) is 0 Å². The van der Waals surface area contributed by atoms with Crippen molar-refractivity contribution in [3.05, 3.63) is 125 Å². The van der Waals surface area contributed by atoms with E-state index >= 15 is 0 Å². The lowest BCUT2D eigenvalue weighted by molar-refractivity contribution is 0.957. The van der Waals surface area contributed by atoms with Gasteiger partial charge in [0.15, 0.2) is 0 Å². The Morgan fingerprint density at radius 2 is 1.53 bits per heavy atom. The van der Waals surface area contributed by atoms with Crippen LogP contribution < -0.4 is 5.46 Å². The monoisotopic (exact) mass is 388 g/mol. The molecule has 0 bridgehead atoms. The first-order chi connectivity index (χ1) is 14.4. The Hall–Kier alpha value is -3.06. The molecular weight excluding hydrogens is 359 g/mol. The lowest BCUT2D eigenvalue weighted by Crippen LogP contribution is -2.04. The molecule has 0 atom stereocenters. The van der Waals surface area contributed by atoms with Gasteiger partial charge in [-0.2, -0.15) is 0 Å². The lowest BCUT2D eigenvalue weighted by Gasteiger charge is -2.18. The van der Waals surface area contributed by atoms with Gasteiger partial charge in [0.25, 0.3) is 0 Å². The van der Waals surface area contributed by atoms with E-state index in [9.17, 15) is 0 Å². The third-order valence-electron chi connectivity index (χ3n) is 5.49. The van der Waals surface area contributed by atoms with Crippen LogP contribution in [0.15, 0.2) is 91.5 Å². The van der Waals surface area contributed by atoms with Crippen molar-refractivity contribution in [1.29, 1.82) is 0 Å². The molecule has 148 valence electrons. The fraction of sp³-hybridized carbons (Fsp3) is 0.172. The normalized spacial score (nSPS) is 11.4. The Balaban J connectivity index is 1.87. The highest BCUT2D eigenvalue weighted by molar-refractivity contribution is 6.32. The van der Waals surface area contributed by atoms with Crippen LogP contribution in [-0.4, -0.2) is 7.85 Å². The zero-order valence-electron chi connectivity index (χ0n) is 18.3. The minimum Gasteiger partial charge on any atom is -0.0964 e. The van der Waals surface area contributed by atoms with Crippen molar-refractivity contribution in [1.82, 2.24) is 0 Å². The lowest BCUT2D eigenvalue weighted by atomic mass is 9.86. The van der Waals surface area contributed by atoms with Crippen LogP contribution in [0.3, 0.4) is 0 Å². The van der Waals surface area contributed by atoms with E-state index in [1.54, 1.807) is 0 Å². The Morgan fingerprint density at radius 3 is 2.20 bits per heavy atom. The molecular formula is C29H29B. The maximum Gasteiger partial charge on any atom is 0.113 e. The summed E-state index contributed by atoms with van der Waals surface area (Å²) in [6, 6.07) is 23.2. The average molecular weight is 388 g/mol. The van der Waals surface area contributed by atoms with Crippen LogP contribution in [0.2, 0.25) is 0 Å². The van der Waals surface area contributed by atoms with Gasteiger partial charge in [0.05, 0.1) is 0 Å². The second kappa shape index (κ2) is 9.63. The van der Waals surface area contributed by atoms with Crippen LogP contribution >= 0.6 is 0 Å². The van der Waals surface area contributed by atoms with Gasteiger partial charge in [-0.1, -0.05) is 103 Å². The molecule has 0 aliphatic heterocycles. The average Bonchev–Trinajstić information content (AvgIpc) is 2.72. The molecule has 0 N–H and O–H groups in total. The van der Waals surface area contributed by atoms with Crippen molar-refractivity contribution in [3.63, 3.8) is 0 Å². The molecule has 0 spiro atoms. The Kier molecular flexibility index (Phi) is 6.95. The van der Waals surface area contributed by atoms with Crippen molar-refractivity contribution in [3.8, 4) is 0 Å². The van der Waals surface area contributed by atoms with Crippen LogP contribution in [0.5, 0.6) is 0 Å². The molecule has 0 saturated heterocycles. The summed E-state index contributed by atoms with van der Waals surface area (Å²) in [5, 5.41) is 0. The van der Waals surface area contributed by atoms with E-state index in [1.807, 2.05) is 12.1 Å². The largest absolute Gasteiger partial charge is 0.113 e. The number of rotatable bonds is 7. The van der Waals surface area contributed by atoms with Crippen LogP contribution in [0, 0.1) is 13.8 Å². The predicted octanol–water partition coefficient (Wildman–Crippen LogP) is 6.56. The van der Waals surface area contributed by atoms with Crippen LogP contribution in [0.25, 0.3) is 11.1 Å². The van der Waals surface area contributed by atoms with Gasteiger partial charge in [0, 0.05) is 0 Å². The molecule has 1 heteroatoms. The summed E-state index contributed by atoms with van der Waals surface area (Å²) in [6.45, 7) is 15.2. The third-order valence-corrected chi connectivity index (χ3v) is 5.49. The SMILES string of the molecule is [B]c1cccc(CCc2ccccc2C(=C)/C(=C\C)C(=C)c2cc(C)cc(C)c2)c1. The zero-order chi connectivity index (χ0) is 21.7. The summed E-state index contributed by atoms with van der Waals surface area (Å²) in [6.07, 6.45) is 4.00. The van der Waals surface area contributed by atoms with E-state index in [0.29, 0.717) is 0 Å². The molecule has 3 aromatic carbocycles. The van der Waals surface area contributed by atoms with Crippen molar-refractivity contribution >= 4 is 24.5 Å². The van der Waals surface area contributed by atoms with Gasteiger partial charge >= 0.3 is 0 Å². The van der Waals surface area contributed by atoms with Crippen LogP contribution in [0.1, 0.15) is 40.3 Å². The molecule has 0 unspecified atom stereocenters. The zero-order valence-corrected chi connectivity index (χ0v) is 18.3. The summed E-state index contributed by atoms with van der Waals surface area (Å²) < 4.78 is 0. The van der Waals surface area contributed by atoms with Gasteiger partial charge in [0.1, 0.15) is 7.85 Å². The van der Waals surface area contributed by atoms with Crippen molar-refractivity contribution in [2.75, 3.05) is 0 Å². The molecule has 0 amide bonds. The van der Waals surface area contributed by atoms with Gasteiger partial charge in [0.2, 0.25) is 0 Å². The Morgan fingerprint density at radius 1 is 0.833 bits per heavy atom. The predicted molar refractivity (Wildman–Crippen MR) is 133 cm³/mol. The first-order valence-corrected chi connectivity index (χ1v) is 10.4. The third kappa shape index (κ3) is 5.10. The van der Waals surface area contributed by atoms with E-state index in [2.05, 4.69) is 94.6 Å². The van der Waals surface area contributed by atoms with E-state index in [-0.39, 0.29) is 0 Å². The number of aryl methyl sites for hydroxylation is 4. The maximum absolute atomic E-state index is 5.94. The summed E-state index contributed by atoms with van der Waals surface area (Å²) in [7, 11) is 5.94. The molecule has 0 saturated carbocycles. The quantitative estimate of drug-likeness (QED) is 0.318. The molecule has 0 aliphatic carbocycles. The summed E-state index contributed by atoms with van der Waals surface area (Å²) in [4.78, 5) is 0. The van der Waals surface area contributed by atoms with Crippen LogP contribution in [0.4, 0.5) is 0 Å². The molecule has 3 rings (SSSR count). The molecule has 0 fully saturated rings. The molecule has 0 aromatic heterocycles. The fourth-order valence-corrected chi connectivity index (χ4v) is 4.04. The first-order valence-electron chi connectivity index (χ1n) is 10.4. The summed E-state index contributed by atoms with van der Waals surface area (Å²) in [5.74, 6) is 0. The van der Waals surface area contributed by atoms with E-state index < -0.39 is 0 Å². The fourth-order valence-electron chi connectivity index (χ4n) is 4.04. The summed E-state index contributed by atoms with van der Waals surface area (Å²) >= 11 is 0. The topological polar surface area (TPSA) is 0 Å². The van der Waals surface area contributed by atoms with Gasteiger partial charge in [-0.05, 0) is 72.6 Å². The number of benzene rings is 3. The number of allylic oxidation sites excluding steroid dienone is 4. The maximum atomic E-state index is 5.94. The molecule has 3 aromatic rings. The number of hydrogen-bond donors (Lipinski definition) is 0. The van der Waals surface area contributed by atoms with E-state index in [4.69, 9.17) is 7.85 Å². The van der Waals surface area contributed by atoms with Crippen molar-refractivity contribution < 1.29 is 0 Å². The van der Waals surface area contributed by atoms with Crippen molar-refractivity contribution in [2.24, 2.45) is 0 Å². The second-order valence-electron chi connectivity index (χ2n) is 7.94. The minimum atomic E-state index is 0.811. The molecule has 0 heterocycles. The molecule has 30 heavy (non-hydrogen) atoms. The van der Waals surface area contributed by atoms with Crippen molar-refractivity contribution in [2.45, 2.75) is 33.6 Å². The van der Waals surface area contributed by atoms with Crippen LogP contribution in [-0.2, 0) is 12.8 Å². The van der Waals surface area contributed by atoms with Gasteiger partial charge < -0.3 is 0 Å². The Labute approximate surface area is 183 Å². The van der Waals surface area contributed by atoms with Gasteiger partial charge in [-0.25, -0.2) is 0 Å². The smallest absolute Gasteiger partial charge is 0.0964 e. The van der Waals surface area contributed by atoms with Gasteiger partial charge in [-0.15, -0.1) is 0 Å². The highest BCUT2D eigenvalue weighted by Crippen LogP contribution is 2.34. The standard InChI is InChI=1S/C29H29B/c1-6-28(22(4)26-17-20(2)16-21(3)18-26)23(5)29-13-8-7-11-25(29)15-14-24-10-9-12-27(30)19-24/h6-13,16-19H,4-5,14-15H2,1-3H3/b28-6-.